The molecule has 6 nitrogen and oxygen atoms in total. The number of esters is 1. The predicted molar refractivity (Wildman–Crippen MR) is 203 cm³/mol. The van der Waals surface area contributed by atoms with E-state index in [0.29, 0.717) is 17.1 Å². The van der Waals surface area contributed by atoms with Crippen LogP contribution in [0.2, 0.25) is 0 Å². The first-order chi connectivity index (χ1) is 25.6. The van der Waals surface area contributed by atoms with Crippen molar-refractivity contribution in [1.82, 2.24) is 0 Å². The van der Waals surface area contributed by atoms with E-state index in [2.05, 4.69) is 59.5 Å². The zero-order valence-corrected chi connectivity index (χ0v) is 28.6. The maximum atomic E-state index is 13.9. The van der Waals surface area contributed by atoms with Crippen LogP contribution in [0.3, 0.4) is 0 Å². The molecule has 0 bridgehead atoms. The maximum Gasteiger partial charge on any atom is 0.340 e. The van der Waals surface area contributed by atoms with Gasteiger partial charge in [-0.25, -0.2) is 4.79 Å². The molecule has 0 radical (unpaired) electrons. The van der Waals surface area contributed by atoms with Crippen LogP contribution < -0.4 is 19.1 Å². The Labute approximate surface area is 302 Å². The van der Waals surface area contributed by atoms with Crippen LogP contribution in [0.5, 0.6) is 23.0 Å². The van der Waals surface area contributed by atoms with Crippen molar-refractivity contribution in [1.29, 1.82) is 0 Å². The normalized spacial score (nSPS) is 15.2. The molecule has 0 saturated heterocycles. The molecule has 52 heavy (non-hydrogen) atoms. The summed E-state index contributed by atoms with van der Waals surface area (Å²) >= 11 is 0. The lowest BCUT2D eigenvalue weighted by Crippen LogP contribution is -2.34. The van der Waals surface area contributed by atoms with Gasteiger partial charge < -0.3 is 23.8 Å². The number of ether oxygens (including phenoxy) is 4. The van der Waals surface area contributed by atoms with Crippen LogP contribution in [-0.4, -0.2) is 20.2 Å². The number of carbonyl (C=O) groups is 1. The molecule has 7 aromatic rings. The Balaban J connectivity index is 1.42. The number of anilines is 3. The van der Waals surface area contributed by atoms with Crippen molar-refractivity contribution < 1.29 is 23.7 Å². The number of methoxy groups -OCH3 is 2. The van der Waals surface area contributed by atoms with Crippen LogP contribution in [0.15, 0.2) is 164 Å². The number of fused-ring (bicyclic) bond motifs is 6. The molecule has 2 aliphatic rings. The third-order valence-corrected chi connectivity index (χ3v) is 9.91. The molecule has 2 heterocycles. The largest absolute Gasteiger partial charge is 0.497 e. The Morgan fingerprint density at radius 2 is 1.04 bits per heavy atom. The summed E-state index contributed by atoms with van der Waals surface area (Å²) in [6.07, 6.45) is 0. The molecule has 2 aliphatic heterocycles. The van der Waals surface area contributed by atoms with Gasteiger partial charge in [0.05, 0.1) is 42.4 Å². The zero-order chi connectivity index (χ0) is 35.2. The van der Waals surface area contributed by atoms with Gasteiger partial charge in [0.2, 0.25) is 0 Å². The number of benzene rings is 7. The molecule has 0 fully saturated rings. The molecule has 0 aliphatic carbocycles. The van der Waals surface area contributed by atoms with E-state index >= 15 is 0 Å². The topological polar surface area (TPSA) is 57.2 Å². The third-order valence-electron chi connectivity index (χ3n) is 9.91. The first kappa shape index (κ1) is 31.2. The van der Waals surface area contributed by atoms with E-state index in [-0.39, 0.29) is 5.97 Å². The fourth-order valence-electron chi connectivity index (χ4n) is 7.61. The Morgan fingerprint density at radius 3 is 1.65 bits per heavy atom. The van der Waals surface area contributed by atoms with Gasteiger partial charge in [-0.3, -0.25) is 0 Å². The molecule has 6 heteroatoms. The van der Waals surface area contributed by atoms with Crippen molar-refractivity contribution in [3.8, 4) is 45.3 Å². The molecule has 9 rings (SSSR count). The fourth-order valence-corrected chi connectivity index (χ4v) is 7.61. The molecular weight excluding hydrogens is 647 g/mol. The monoisotopic (exact) mass is 679 g/mol. The van der Waals surface area contributed by atoms with Crippen LogP contribution in [0, 0.1) is 0 Å². The van der Waals surface area contributed by atoms with Crippen molar-refractivity contribution in [2.45, 2.75) is 5.60 Å². The molecule has 0 N–H and O–H groups in total. The van der Waals surface area contributed by atoms with Gasteiger partial charge in [0.25, 0.3) is 0 Å². The van der Waals surface area contributed by atoms with Crippen LogP contribution in [0.25, 0.3) is 22.3 Å². The SMILES string of the molecule is COc1ccc(N(c2ccc(OC)cc2-c2ccccc2)c2cccc3c2C2(OC(=O)c4ccccc42)c2ccccc2O3)c(-c2ccccc2)c1. The molecule has 252 valence electrons. The van der Waals surface area contributed by atoms with E-state index in [1.165, 1.54) is 0 Å². The highest BCUT2D eigenvalue weighted by Gasteiger charge is 2.55. The highest BCUT2D eigenvalue weighted by Crippen LogP contribution is 2.60. The van der Waals surface area contributed by atoms with E-state index in [1.807, 2.05) is 109 Å². The van der Waals surface area contributed by atoms with Crippen molar-refractivity contribution >= 4 is 23.0 Å². The van der Waals surface area contributed by atoms with Crippen LogP contribution in [0.1, 0.15) is 27.0 Å². The summed E-state index contributed by atoms with van der Waals surface area (Å²) in [5, 5.41) is 0. The van der Waals surface area contributed by atoms with Gasteiger partial charge >= 0.3 is 5.97 Å². The minimum Gasteiger partial charge on any atom is -0.497 e. The minimum absolute atomic E-state index is 0.386. The lowest BCUT2D eigenvalue weighted by molar-refractivity contribution is 0.0226. The minimum atomic E-state index is -1.30. The Kier molecular flexibility index (Phi) is 7.51. The molecular formula is C46H33NO5. The Bertz CT molecular complexity index is 2390. The summed E-state index contributed by atoms with van der Waals surface area (Å²) in [6.45, 7) is 0. The highest BCUT2D eigenvalue weighted by molar-refractivity contribution is 6.00. The first-order valence-corrected chi connectivity index (χ1v) is 17.1. The van der Waals surface area contributed by atoms with Crippen LogP contribution in [-0.2, 0) is 10.3 Å². The van der Waals surface area contributed by atoms with Crippen molar-refractivity contribution in [2.75, 3.05) is 19.1 Å². The van der Waals surface area contributed by atoms with E-state index in [1.54, 1.807) is 14.2 Å². The van der Waals surface area contributed by atoms with E-state index in [9.17, 15) is 4.79 Å². The average Bonchev–Trinajstić information content (AvgIpc) is 3.50. The quantitative estimate of drug-likeness (QED) is 0.156. The van der Waals surface area contributed by atoms with Crippen molar-refractivity contribution in [3.05, 3.63) is 186 Å². The van der Waals surface area contributed by atoms with Gasteiger partial charge in [-0.15, -0.1) is 0 Å². The van der Waals surface area contributed by atoms with Crippen LogP contribution in [0.4, 0.5) is 17.1 Å². The van der Waals surface area contributed by atoms with Crippen LogP contribution >= 0.6 is 0 Å². The molecule has 7 aromatic carbocycles. The average molecular weight is 680 g/mol. The number of hydrogen-bond donors (Lipinski definition) is 0. The number of nitrogens with zero attached hydrogens (tertiary/aromatic N) is 1. The van der Waals surface area contributed by atoms with Gasteiger partial charge in [0.1, 0.15) is 23.0 Å². The molecule has 0 aromatic heterocycles. The van der Waals surface area contributed by atoms with E-state index in [4.69, 9.17) is 18.9 Å². The van der Waals surface area contributed by atoms with E-state index < -0.39 is 5.60 Å². The Morgan fingerprint density at radius 1 is 0.500 bits per heavy atom. The summed E-state index contributed by atoms with van der Waals surface area (Å²) in [7, 11) is 3.35. The molecule has 1 spiro atoms. The van der Waals surface area contributed by atoms with Gasteiger partial charge in [-0.05, 0) is 71.8 Å². The summed E-state index contributed by atoms with van der Waals surface area (Å²) in [5.74, 6) is 2.29. The van der Waals surface area contributed by atoms with Gasteiger partial charge in [-0.2, -0.15) is 0 Å². The summed E-state index contributed by atoms with van der Waals surface area (Å²) < 4.78 is 25.0. The van der Waals surface area contributed by atoms with E-state index in [0.717, 1.165) is 67.5 Å². The Hall–Kier alpha value is -6.79. The van der Waals surface area contributed by atoms with Crippen molar-refractivity contribution in [2.24, 2.45) is 0 Å². The number of hydrogen-bond acceptors (Lipinski definition) is 6. The van der Waals surface area contributed by atoms with Gasteiger partial charge in [-0.1, -0.05) is 103 Å². The third kappa shape index (κ3) is 4.83. The van der Waals surface area contributed by atoms with Gasteiger partial charge in [0, 0.05) is 22.3 Å². The standard InChI is InChI=1S/C46H33NO5/c1-49-32-24-26-39(35(28-32)30-14-5-3-6-15-30)47(40-27-25-33(50-2)29-36(40)31-16-7-4-8-17-31)41-21-13-23-43-44(41)46(38-20-11-12-22-42(38)51-43)37-19-10-9-18-34(37)45(48)52-46/h3-29H,1-2H3. The lowest BCUT2D eigenvalue weighted by Gasteiger charge is -2.40. The molecule has 1 atom stereocenters. The fraction of sp³-hybridized carbons (Fsp3) is 0.0652. The predicted octanol–water partition coefficient (Wildman–Crippen LogP) is 11.1. The summed E-state index contributed by atoms with van der Waals surface area (Å²) in [6, 6.07) is 54.2. The first-order valence-electron chi connectivity index (χ1n) is 17.1. The van der Waals surface area contributed by atoms with Gasteiger partial charge in [0.15, 0.2) is 5.60 Å². The summed E-state index contributed by atoms with van der Waals surface area (Å²) in [5.41, 5.74) is 7.92. The smallest absolute Gasteiger partial charge is 0.340 e. The number of para-hydroxylation sites is 1. The number of carbonyl (C=O) groups excluding carboxylic acids is 1. The second-order valence-corrected chi connectivity index (χ2v) is 12.7. The van der Waals surface area contributed by atoms with Crippen molar-refractivity contribution in [3.63, 3.8) is 0 Å². The zero-order valence-electron chi connectivity index (χ0n) is 28.6. The number of rotatable bonds is 7. The highest BCUT2D eigenvalue weighted by atomic mass is 16.6. The second-order valence-electron chi connectivity index (χ2n) is 12.7. The maximum absolute atomic E-state index is 13.9. The second kappa shape index (κ2) is 12.5. The molecule has 0 amide bonds. The molecule has 0 saturated carbocycles. The lowest BCUT2D eigenvalue weighted by atomic mass is 9.76. The summed E-state index contributed by atoms with van der Waals surface area (Å²) in [4.78, 5) is 16.1. The molecule has 1 unspecified atom stereocenters.